The number of aromatic amines is 2. The van der Waals surface area contributed by atoms with Crippen LogP contribution in [0.5, 0.6) is 0 Å². The molecule has 258 valence electrons. The molecule has 5 N–H and O–H groups in total. The first-order valence-corrected chi connectivity index (χ1v) is 16.7. The van der Waals surface area contributed by atoms with Crippen molar-refractivity contribution in [1.29, 1.82) is 0 Å². The number of benzene rings is 2. The quantitative estimate of drug-likeness (QED) is 0.215. The molecule has 0 bridgehead atoms. The number of alkyl carbamates (subject to hydrolysis) is 1. The molecule has 1 aromatic heterocycles. The summed E-state index contributed by atoms with van der Waals surface area (Å²) in [6.45, 7) is 14.0. The molecule has 1 saturated heterocycles. The molecular weight excluding hydrogens is 613 g/mol. The molecule has 0 spiro atoms. The van der Waals surface area contributed by atoms with E-state index in [2.05, 4.69) is 25.9 Å². The lowest BCUT2D eigenvalue weighted by Crippen LogP contribution is -2.48. The average Bonchev–Trinajstić information content (AvgIpc) is 3.48. The van der Waals surface area contributed by atoms with E-state index < -0.39 is 36.1 Å². The molecule has 13 heteroatoms. The van der Waals surface area contributed by atoms with Crippen LogP contribution in [0.15, 0.2) is 47.3 Å². The number of H-pyrrole nitrogens is 2. The van der Waals surface area contributed by atoms with Gasteiger partial charge in [0.15, 0.2) is 0 Å². The zero-order chi connectivity index (χ0) is 34.9. The predicted molar refractivity (Wildman–Crippen MR) is 185 cm³/mol. The Labute approximate surface area is 281 Å². The van der Waals surface area contributed by atoms with Crippen LogP contribution in [0.1, 0.15) is 79.7 Å². The molecular formula is C35H48BN5O7. The maximum absolute atomic E-state index is 13.7. The van der Waals surface area contributed by atoms with Crippen molar-refractivity contribution in [3.8, 4) is 0 Å². The fourth-order valence-corrected chi connectivity index (χ4v) is 6.03. The molecule has 0 radical (unpaired) electrons. The van der Waals surface area contributed by atoms with E-state index in [1.807, 2.05) is 72.7 Å². The van der Waals surface area contributed by atoms with Gasteiger partial charge in [-0.3, -0.25) is 9.59 Å². The number of hydrogen-bond donors (Lipinski definition) is 5. The topological polar surface area (TPSA) is 164 Å². The summed E-state index contributed by atoms with van der Waals surface area (Å²) in [5.74, 6) is -0.540. The second-order valence-corrected chi connectivity index (χ2v) is 15.0. The number of amides is 3. The monoisotopic (exact) mass is 661 g/mol. The van der Waals surface area contributed by atoms with Crippen LogP contribution in [-0.4, -0.2) is 64.4 Å². The highest BCUT2D eigenvalue weighted by Gasteiger charge is 2.51. The lowest BCUT2D eigenvalue weighted by molar-refractivity contribution is -0.130. The van der Waals surface area contributed by atoms with Crippen LogP contribution in [0, 0.1) is 11.8 Å². The minimum Gasteiger partial charge on any atom is -0.444 e. The molecule has 2 aliphatic rings. The summed E-state index contributed by atoms with van der Waals surface area (Å²) in [6.07, 6.45) is 2.68. The lowest BCUT2D eigenvalue weighted by Gasteiger charge is -2.32. The van der Waals surface area contributed by atoms with Gasteiger partial charge in [-0.1, -0.05) is 24.3 Å². The third kappa shape index (κ3) is 8.67. The van der Waals surface area contributed by atoms with Crippen LogP contribution < -0.4 is 27.1 Å². The van der Waals surface area contributed by atoms with E-state index in [1.165, 1.54) is 0 Å². The van der Waals surface area contributed by atoms with Crippen molar-refractivity contribution in [3.63, 3.8) is 0 Å². The summed E-state index contributed by atoms with van der Waals surface area (Å²) in [4.78, 5) is 56.4. The van der Waals surface area contributed by atoms with E-state index in [9.17, 15) is 19.2 Å². The number of fused-ring (bicyclic) bond motifs is 1. The van der Waals surface area contributed by atoms with Gasteiger partial charge < -0.3 is 40.0 Å². The number of rotatable bonds is 9. The first-order chi connectivity index (χ1) is 22.5. The molecule has 3 amide bonds. The Morgan fingerprint density at radius 3 is 2.19 bits per heavy atom. The molecule has 1 saturated carbocycles. The zero-order valence-electron chi connectivity index (χ0n) is 29.0. The molecule has 2 heterocycles. The highest BCUT2D eigenvalue weighted by atomic mass is 16.7. The van der Waals surface area contributed by atoms with E-state index in [-0.39, 0.29) is 35.8 Å². The number of carbonyl (C=O) groups excluding carboxylic acids is 3. The van der Waals surface area contributed by atoms with Crippen LogP contribution in [0.4, 0.5) is 10.5 Å². The molecule has 1 aliphatic heterocycles. The standard InChI is InChI=1S/C35H48BN5O7/c1-33(2,3)46-32(45)37-20-22-8-12-23(13-9-22)29(42)39-28(30(43)38-25-16-17-26-27(19-25)41-31(44)40-26)18-21-10-14-24(15-11-21)36-47-34(4,5)35(6,7)48-36/h10-11,14-17,19,22-23,28H,8-9,12-13,18,20H2,1-7H3,(H,37,45)(H,38,43)(H,39,42)(H2,40,41,44)/t22?,23?,28-/m0/s1. The zero-order valence-corrected chi connectivity index (χ0v) is 29.0. The summed E-state index contributed by atoms with van der Waals surface area (Å²) in [5, 5.41) is 8.78. The molecule has 2 fully saturated rings. The first kappa shape index (κ1) is 35.2. The van der Waals surface area contributed by atoms with Crippen LogP contribution in [0.3, 0.4) is 0 Å². The molecule has 1 atom stereocenters. The number of aromatic nitrogens is 2. The Morgan fingerprint density at radius 1 is 0.938 bits per heavy atom. The number of imidazole rings is 1. The van der Waals surface area contributed by atoms with Gasteiger partial charge in [0.1, 0.15) is 11.6 Å². The van der Waals surface area contributed by atoms with Gasteiger partial charge >= 0.3 is 18.9 Å². The van der Waals surface area contributed by atoms with Gasteiger partial charge in [-0.2, -0.15) is 0 Å². The Balaban J connectivity index is 1.24. The molecule has 0 unspecified atom stereocenters. The second kappa shape index (κ2) is 13.8. The summed E-state index contributed by atoms with van der Waals surface area (Å²) >= 11 is 0. The number of carbonyl (C=O) groups is 3. The van der Waals surface area contributed by atoms with Gasteiger partial charge in [-0.25, -0.2) is 9.59 Å². The van der Waals surface area contributed by atoms with Gasteiger partial charge in [-0.05, 0) is 109 Å². The van der Waals surface area contributed by atoms with Gasteiger partial charge in [0.25, 0.3) is 0 Å². The van der Waals surface area contributed by atoms with Crippen molar-refractivity contribution in [2.75, 3.05) is 11.9 Å². The minimum absolute atomic E-state index is 0.173. The molecule has 12 nitrogen and oxygen atoms in total. The first-order valence-electron chi connectivity index (χ1n) is 16.7. The van der Waals surface area contributed by atoms with E-state index in [1.54, 1.807) is 18.2 Å². The van der Waals surface area contributed by atoms with Gasteiger partial charge in [0.05, 0.1) is 22.2 Å². The maximum atomic E-state index is 13.7. The largest absolute Gasteiger partial charge is 0.494 e. The number of nitrogens with one attached hydrogen (secondary N) is 5. The number of ether oxygens (including phenoxy) is 1. The summed E-state index contributed by atoms with van der Waals surface area (Å²) in [6, 6.07) is 11.9. The Hall–Kier alpha value is -4.10. The highest BCUT2D eigenvalue weighted by Crippen LogP contribution is 2.36. The van der Waals surface area contributed by atoms with Crippen LogP contribution in [0.25, 0.3) is 11.0 Å². The van der Waals surface area contributed by atoms with Crippen molar-refractivity contribution >= 4 is 47.2 Å². The lowest BCUT2D eigenvalue weighted by atomic mass is 9.78. The normalized spacial score (nSPS) is 21.0. The summed E-state index contributed by atoms with van der Waals surface area (Å²) < 4.78 is 17.7. The van der Waals surface area contributed by atoms with E-state index in [4.69, 9.17) is 14.0 Å². The van der Waals surface area contributed by atoms with Gasteiger partial charge in [0.2, 0.25) is 11.8 Å². The molecule has 3 aromatic rings. The minimum atomic E-state index is -0.854. The van der Waals surface area contributed by atoms with Crippen molar-refractivity contribution in [2.24, 2.45) is 11.8 Å². The second-order valence-electron chi connectivity index (χ2n) is 15.0. The third-order valence-corrected chi connectivity index (χ3v) is 9.51. The molecule has 1 aliphatic carbocycles. The Morgan fingerprint density at radius 2 is 1.56 bits per heavy atom. The fourth-order valence-electron chi connectivity index (χ4n) is 6.03. The maximum Gasteiger partial charge on any atom is 0.494 e. The van der Waals surface area contributed by atoms with Gasteiger partial charge in [0, 0.05) is 24.6 Å². The summed E-state index contributed by atoms with van der Waals surface area (Å²) in [5.41, 5.74) is 1.59. The molecule has 48 heavy (non-hydrogen) atoms. The van der Waals surface area contributed by atoms with Crippen LogP contribution >= 0.6 is 0 Å². The number of anilines is 1. The van der Waals surface area contributed by atoms with E-state index in [0.29, 0.717) is 36.1 Å². The van der Waals surface area contributed by atoms with Crippen molar-refractivity contribution < 1.29 is 28.4 Å². The molecule has 5 rings (SSSR count). The van der Waals surface area contributed by atoms with Crippen molar-refractivity contribution in [1.82, 2.24) is 20.6 Å². The average molecular weight is 662 g/mol. The van der Waals surface area contributed by atoms with E-state index >= 15 is 0 Å². The summed E-state index contributed by atoms with van der Waals surface area (Å²) in [7, 11) is -0.507. The van der Waals surface area contributed by atoms with Crippen molar-refractivity contribution in [3.05, 3.63) is 58.5 Å². The van der Waals surface area contributed by atoms with Gasteiger partial charge in [-0.15, -0.1) is 0 Å². The van der Waals surface area contributed by atoms with Crippen molar-refractivity contribution in [2.45, 2.75) is 103 Å². The predicted octanol–water partition coefficient (Wildman–Crippen LogP) is 4.15. The van der Waals surface area contributed by atoms with Crippen LogP contribution in [0.2, 0.25) is 0 Å². The molecule has 2 aromatic carbocycles. The Kier molecular flexibility index (Phi) is 10.1. The number of hydrogen-bond acceptors (Lipinski definition) is 7. The third-order valence-electron chi connectivity index (χ3n) is 9.51. The Bertz CT molecular complexity index is 1670. The fraction of sp³-hybridized carbons (Fsp3) is 0.543. The SMILES string of the molecule is CC(C)(C)OC(=O)NCC1CCC(C(=O)N[C@@H](Cc2ccc(B3OC(C)(C)C(C)(C)O3)cc2)C(=O)Nc2ccc3[nH]c(=O)[nH]c3c2)CC1. The smallest absolute Gasteiger partial charge is 0.444 e. The van der Waals surface area contributed by atoms with E-state index in [0.717, 1.165) is 23.9 Å². The van der Waals surface area contributed by atoms with Crippen LogP contribution in [-0.2, 0) is 30.1 Å². The highest BCUT2D eigenvalue weighted by molar-refractivity contribution is 6.62.